The molecule has 0 aromatic rings. The molecule has 1 fully saturated rings. The molecule has 13 heavy (non-hydrogen) atoms. The fraction of sp³-hybridized carbons (Fsp3) is 1.00. The Kier molecular flexibility index (Phi) is 4.06. The van der Waals surface area contributed by atoms with E-state index in [1.165, 1.54) is 0 Å². The van der Waals surface area contributed by atoms with Crippen molar-refractivity contribution in [3.63, 3.8) is 0 Å². The summed E-state index contributed by atoms with van der Waals surface area (Å²) in [5.74, 6) is 1.76. The maximum Gasteiger partial charge on any atom is 0.152 e. The molecule has 0 amide bonds. The van der Waals surface area contributed by atoms with Crippen LogP contribution in [0.3, 0.4) is 0 Å². The lowest BCUT2D eigenvalue weighted by molar-refractivity contribution is 0.244. The minimum absolute atomic E-state index is 0.339. The van der Waals surface area contributed by atoms with E-state index in [0.29, 0.717) is 30.6 Å². The van der Waals surface area contributed by atoms with Crippen LogP contribution >= 0.6 is 11.8 Å². The molecule has 1 unspecified atom stereocenters. The van der Waals surface area contributed by atoms with Crippen molar-refractivity contribution in [2.45, 2.75) is 13.0 Å². The third-order valence-corrected chi connectivity index (χ3v) is 4.84. The van der Waals surface area contributed by atoms with Crippen molar-refractivity contribution in [2.75, 3.05) is 36.6 Å². The van der Waals surface area contributed by atoms with Gasteiger partial charge in [0, 0.05) is 24.9 Å². The summed E-state index contributed by atoms with van der Waals surface area (Å²) in [5.41, 5.74) is 0. The van der Waals surface area contributed by atoms with Gasteiger partial charge in [-0.25, -0.2) is 8.42 Å². The predicted molar refractivity (Wildman–Crippen MR) is 58.1 cm³/mol. The second kappa shape index (κ2) is 4.66. The summed E-state index contributed by atoms with van der Waals surface area (Å²) in [6, 6.07) is 0.505. The van der Waals surface area contributed by atoms with Crippen molar-refractivity contribution < 1.29 is 8.42 Å². The molecule has 0 saturated carbocycles. The van der Waals surface area contributed by atoms with E-state index < -0.39 is 9.84 Å². The Labute approximate surface area is 84.8 Å². The molecule has 1 atom stereocenters. The van der Waals surface area contributed by atoms with Crippen LogP contribution in [0.2, 0.25) is 0 Å². The van der Waals surface area contributed by atoms with Crippen LogP contribution in [0.5, 0.6) is 0 Å². The fourth-order valence-electron chi connectivity index (χ4n) is 1.51. The lowest BCUT2D eigenvalue weighted by Gasteiger charge is -2.31. The molecule has 0 aromatic heterocycles. The highest BCUT2D eigenvalue weighted by molar-refractivity contribution is 7.98. The van der Waals surface area contributed by atoms with Crippen LogP contribution in [-0.4, -0.2) is 56.0 Å². The smallest absolute Gasteiger partial charge is 0.152 e. The summed E-state index contributed by atoms with van der Waals surface area (Å²) in [6.45, 7) is 3.59. The highest BCUT2D eigenvalue weighted by Crippen LogP contribution is 2.10. The number of hydrogen-bond donors (Lipinski definition) is 0. The Morgan fingerprint density at radius 1 is 1.38 bits per heavy atom. The maximum absolute atomic E-state index is 11.1. The second-order valence-electron chi connectivity index (χ2n) is 3.49. The largest absolute Gasteiger partial charge is 0.298 e. The Morgan fingerprint density at radius 2 is 1.92 bits per heavy atom. The van der Waals surface area contributed by atoms with Crippen LogP contribution in [0.15, 0.2) is 0 Å². The van der Waals surface area contributed by atoms with Gasteiger partial charge in [0.25, 0.3) is 0 Å². The molecule has 3 nitrogen and oxygen atoms in total. The zero-order valence-electron chi connectivity index (χ0n) is 8.19. The van der Waals surface area contributed by atoms with E-state index in [2.05, 4.69) is 18.1 Å². The molecule has 0 aliphatic carbocycles. The molecule has 5 heteroatoms. The van der Waals surface area contributed by atoms with Crippen molar-refractivity contribution in [2.24, 2.45) is 0 Å². The molecular formula is C8H17NO2S2. The third-order valence-electron chi connectivity index (χ3n) is 2.41. The van der Waals surface area contributed by atoms with E-state index in [-0.39, 0.29) is 0 Å². The van der Waals surface area contributed by atoms with E-state index in [1.807, 2.05) is 11.8 Å². The van der Waals surface area contributed by atoms with Gasteiger partial charge in [0.1, 0.15) is 0 Å². The van der Waals surface area contributed by atoms with Crippen molar-refractivity contribution in [3.8, 4) is 0 Å². The quantitative estimate of drug-likeness (QED) is 0.697. The first-order chi connectivity index (χ1) is 6.05. The number of rotatable bonds is 3. The van der Waals surface area contributed by atoms with Crippen molar-refractivity contribution >= 4 is 21.6 Å². The summed E-state index contributed by atoms with van der Waals surface area (Å²) in [7, 11) is -2.71. The zero-order valence-corrected chi connectivity index (χ0v) is 9.83. The van der Waals surface area contributed by atoms with Gasteiger partial charge < -0.3 is 0 Å². The van der Waals surface area contributed by atoms with E-state index >= 15 is 0 Å². The molecular weight excluding hydrogens is 206 g/mol. The van der Waals surface area contributed by atoms with Crippen LogP contribution < -0.4 is 0 Å². The summed E-state index contributed by atoms with van der Waals surface area (Å²) >= 11 is 1.81. The van der Waals surface area contributed by atoms with Gasteiger partial charge in [-0.15, -0.1) is 0 Å². The number of nitrogens with zero attached hydrogens (tertiary/aromatic N) is 1. The van der Waals surface area contributed by atoms with Gasteiger partial charge in [-0.2, -0.15) is 11.8 Å². The van der Waals surface area contributed by atoms with Gasteiger partial charge in [0.15, 0.2) is 9.84 Å². The molecule has 1 saturated heterocycles. The molecule has 1 heterocycles. The van der Waals surface area contributed by atoms with Gasteiger partial charge >= 0.3 is 0 Å². The fourth-order valence-corrected chi connectivity index (χ4v) is 3.44. The molecule has 1 rings (SSSR count). The van der Waals surface area contributed by atoms with Crippen LogP contribution in [0.25, 0.3) is 0 Å². The molecule has 0 spiro atoms. The Morgan fingerprint density at radius 3 is 2.38 bits per heavy atom. The SMILES string of the molecule is CSCC(C)N1CCS(=O)(=O)CC1. The summed E-state index contributed by atoms with van der Waals surface area (Å²) in [6.07, 6.45) is 2.08. The normalized spacial score (nSPS) is 25.7. The van der Waals surface area contributed by atoms with Crippen LogP contribution in [0.1, 0.15) is 6.92 Å². The van der Waals surface area contributed by atoms with Crippen LogP contribution in [0, 0.1) is 0 Å². The Hall–Kier alpha value is 0.260. The summed E-state index contributed by atoms with van der Waals surface area (Å²) in [5, 5.41) is 0. The number of thioether (sulfide) groups is 1. The number of hydrogen-bond acceptors (Lipinski definition) is 4. The average molecular weight is 223 g/mol. The van der Waals surface area contributed by atoms with Gasteiger partial charge in [-0.3, -0.25) is 4.90 Å². The lowest BCUT2D eigenvalue weighted by atomic mass is 10.3. The molecule has 0 N–H and O–H groups in total. The highest BCUT2D eigenvalue weighted by atomic mass is 32.2. The van der Waals surface area contributed by atoms with E-state index in [0.717, 1.165) is 5.75 Å². The number of sulfone groups is 1. The monoisotopic (exact) mass is 223 g/mol. The summed E-state index contributed by atoms with van der Waals surface area (Å²) in [4.78, 5) is 2.26. The zero-order chi connectivity index (χ0) is 9.90. The Balaban J connectivity index is 2.40. The van der Waals surface area contributed by atoms with Crippen molar-refractivity contribution in [1.82, 2.24) is 4.90 Å². The van der Waals surface area contributed by atoms with Gasteiger partial charge in [-0.05, 0) is 13.2 Å². The first-order valence-corrected chi connectivity index (χ1v) is 7.70. The maximum atomic E-state index is 11.1. The minimum atomic E-state index is -2.71. The molecule has 0 aromatic carbocycles. The first kappa shape index (κ1) is 11.3. The van der Waals surface area contributed by atoms with Gasteiger partial charge in [-0.1, -0.05) is 0 Å². The van der Waals surface area contributed by atoms with E-state index in [1.54, 1.807) is 0 Å². The molecule has 0 radical (unpaired) electrons. The van der Waals surface area contributed by atoms with E-state index in [9.17, 15) is 8.42 Å². The summed E-state index contributed by atoms with van der Waals surface area (Å²) < 4.78 is 22.3. The molecule has 1 aliphatic heterocycles. The molecule has 1 aliphatic rings. The van der Waals surface area contributed by atoms with E-state index in [4.69, 9.17) is 0 Å². The average Bonchev–Trinajstić information content (AvgIpc) is 2.04. The topological polar surface area (TPSA) is 37.4 Å². The standard InChI is InChI=1S/C8H17NO2S2/c1-8(7-12-2)9-3-5-13(10,11)6-4-9/h8H,3-7H2,1-2H3. The minimum Gasteiger partial charge on any atom is -0.298 e. The van der Waals surface area contributed by atoms with Gasteiger partial charge in [0.2, 0.25) is 0 Å². The second-order valence-corrected chi connectivity index (χ2v) is 6.71. The van der Waals surface area contributed by atoms with Crippen molar-refractivity contribution in [3.05, 3.63) is 0 Å². The van der Waals surface area contributed by atoms with Crippen LogP contribution in [-0.2, 0) is 9.84 Å². The molecule has 0 bridgehead atoms. The predicted octanol–water partition coefficient (Wildman–Crippen LogP) is 0.468. The highest BCUT2D eigenvalue weighted by Gasteiger charge is 2.24. The Bertz CT molecular complexity index is 237. The third kappa shape index (κ3) is 3.48. The lowest BCUT2D eigenvalue weighted by Crippen LogP contribution is -2.45. The molecule has 78 valence electrons. The first-order valence-electron chi connectivity index (χ1n) is 4.48. The van der Waals surface area contributed by atoms with Crippen molar-refractivity contribution in [1.29, 1.82) is 0 Å². The van der Waals surface area contributed by atoms with Gasteiger partial charge in [0.05, 0.1) is 11.5 Å². The van der Waals surface area contributed by atoms with Crippen LogP contribution in [0.4, 0.5) is 0 Å².